The van der Waals surface area contributed by atoms with Crippen LogP contribution in [0, 0.1) is 0 Å². The van der Waals surface area contributed by atoms with Crippen LogP contribution in [0.2, 0.25) is 0 Å². The van der Waals surface area contributed by atoms with E-state index in [1.165, 1.54) is 27.3 Å². The van der Waals surface area contributed by atoms with Crippen LogP contribution < -0.4 is 5.32 Å². The molecule has 1 aromatic heterocycles. The molecule has 1 heterocycles. The van der Waals surface area contributed by atoms with Crippen LogP contribution >= 0.6 is 11.3 Å². The van der Waals surface area contributed by atoms with Gasteiger partial charge in [0.2, 0.25) is 0 Å². The number of thiophene rings is 1. The molecule has 1 nitrogen and oxygen atoms in total. The van der Waals surface area contributed by atoms with Crippen molar-refractivity contribution < 1.29 is 0 Å². The fourth-order valence-corrected chi connectivity index (χ4v) is 3.36. The van der Waals surface area contributed by atoms with Crippen LogP contribution in [0.1, 0.15) is 43.7 Å². The highest BCUT2D eigenvalue weighted by Crippen LogP contribution is 2.33. The summed E-state index contributed by atoms with van der Waals surface area (Å²) in [5.41, 5.74) is 2.83. The van der Waals surface area contributed by atoms with Crippen LogP contribution in [0.5, 0.6) is 0 Å². The van der Waals surface area contributed by atoms with E-state index in [4.69, 9.17) is 0 Å². The molecule has 1 N–H and O–H groups in total. The Labute approximate surface area is 120 Å². The monoisotopic (exact) mass is 273 g/mol. The maximum atomic E-state index is 3.55. The second kappa shape index (κ2) is 6.88. The Bertz CT molecular complexity index is 515. The average molecular weight is 273 g/mol. The van der Waals surface area contributed by atoms with E-state index in [1.54, 1.807) is 0 Å². The van der Waals surface area contributed by atoms with Gasteiger partial charge in [0.05, 0.1) is 0 Å². The third-order valence-electron chi connectivity index (χ3n) is 3.42. The average Bonchev–Trinajstić information content (AvgIpc) is 2.94. The summed E-state index contributed by atoms with van der Waals surface area (Å²) in [5.74, 6) is 0. The molecule has 1 aromatic carbocycles. The fourth-order valence-electron chi connectivity index (χ4n) is 2.26. The van der Waals surface area contributed by atoms with Crippen molar-refractivity contribution in [1.82, 2.24) is 5.32 Å². The molecular formula is C17H23NS. The van der Waals surface area contributed by atoms with Crippen molar-refractivity contribution in [2.24, 2.45) is 0 Å². The smallest absolute Gasteiger partial charge is 0.0386 e. The van der Waals surface area contributed by atoms with Crippen molar-refractivity contribution in [3.63, 3.8) is 0 Å². The molecule has 0 aliphatic heterocycles. The van der Waals surface area contributed by atoms with Gasteiger partial charge in [-0.1, -0.05) is 38.1 Å². The lowest BCUT2D eigenvalue weighted by atomic mass is 10.0. The lowest BCUT2D eigenvalue weighted by molar-refractivity contribution is 0.578. The third-order valence-corrected chi connectivity index (χ3v) is 4.72. The summed E-state index contributed by atoms with van der Waals surface area (Å²) in [6, 6.07) is 13.7. The normalized spacial score (nSPS) is 12.6. The number of benzene rings is 1. The molecule has 19 heavy (non-hydrogen) atoms. The minimum atomic E-state index is 0.451. The minimum absolute atomic E-state index is 0.451. The molecule has 0 bridgehead atoms. The Hall–Kier alpha value is -1.12. The van der Waals surface area contributed by atoms with E-state index in [2.05, 4.69) is 62.5 Å². The maximum Gasteiger partial charge on any atom is 0.0386 e. The zero-order chi connectivity index (χ0) is 13.7. The van der Waals surface area contributed by atoms with Gasteiger partial charge in [-0.15, -0.1) is 11.3 Å². The molecule has 2 aromatic rings. The van der Waals surface area contributed by atoms with Crippen molar-refractivity contribution in [2.45, 2.75) is 39.7 Å². The third kappa shape index (κ3) is 3.46. The first-order valence-corrected chi connectivity index (χ1v) is 7.99. The molecule has 0 aliphatic carbocycles. The van der Waals surface area contributed by atoms with Crippen LogP contribution in [-0.4, -0.2) is 6.54 Å². The zero-order valence-corrected chi connectivity index (χ0v) is 12.9. The summed E-state index contributed by atoms with van der Waals surface area (Å²) in [5, 5.41) is 3.55. The van der Waals surface area contributed by atoms with Crippen LogP contribution in [0.25, 0.3) is 10.4 Å². The number of rotatable bonds is 6. The van der Waals surface area contributed by atoms with Gasteiger partial charge in [-0.2, -0.15) is 0 Å². The summed E-state index contributed by atoms with van der Waals surface area (Å²) in [6.07, 6.45) is 2.27. The Balaban J connectivity index is 2.20. The lowest BCUT2D eigenvalue weighted by Crippen LogP contribution is -2.18. The Morgan fingerprint density at radius 2 is 1.89 bits per heavy atom. The highest BCUT2D eigenvalue weighted by molar-refractivity contribution is 7.15. The molecule has 1 unspecified atom stereocenters. The highest BCUT2D eigenvalue weighted by Gasteiger charge is 2.10. The molecule has 0 saturated carbocycles. The molecule has 0 aliphatic rings. The summed E-state index contributed by atoms with van der Waals surface area (Å²) in [7, 11) is 0. The molecule has 0 radical (unpaired) electrons. The molecule has 1 atom stereocenters. The van der Waals surface area contributed by atoms with Gasteiger partial charge in [0, 0.05) is 15.8 Å². The molecule has 2 rings (SSSR count). The first-order valence-electron chi connectivity index (χ1n) is 7.17. The molecule has 0 saturated heterocycles. The largest absolute Gasteiger partial charge is 0.309 e. The van der Waals surface area contributed by atoms with E-state index in [1.807, 2.05) is 11.3 Å². The number of nitrogens with one attached hydrogen (secondary N) is 1. The van der Waals surface area contributed by atoms with Gasteiger partial charge in [-0.05, 0) is 49.6 Å². The lowest BCUT2D eigenvalue weighted by Gasteiger charge is -2.10. The van der Waals surface area contributed by atoms with Crippen molar-refractivity contribution in [2.75, 3.05) is 6.54 Å². The van der Waals surface area contributed by atoms with Gasteiger partial charge >= 0.3 is 0 Å². The van der Waals surface area contributed by atoms with E-state index in [0.29, 0.717) is 6.04 Å². The highest BCUT2D eigenvalue weighted by atomic mass is 32.1. The number of hydrogen-bond donors (Lipinski definition) is 1. The van der Waals surface area contributed by atoms with Gasteiger partial charge in [-0.3, -0.25) is 0 Å². The SMILES string of the molecule is CCCNC(C)c1ccc(-c2ccccc2CC)s1. The Kier molecular flexibility index (Phi) is 5.17. The van der Waals surface area contributed by atoms with E-state index in [9.17, 15) is 0 Å². The van der Waals surface area contributed by atoms with Gasteiger partial charge in [0.25, 0.3) is 0 Å². The van der Waals surface area contributed by atoms with E-state index in [0.717, 1.165) is 13.0 Å². The molecule has 0 spiro atoms. The van der Waals surface area contributed by atoms with E-state index >= 15 is 0 Å². The quantitative estimate of drug-likeness (QED) is 0.777. The van der Waals surface area contributed by atoms with Gasteiger partial charge in [-0.25, -0.2) is 0 Å². The molecular weight excluding hydrogens is 250 g/mol. The Morgan fingerprint density at radius 3 is 2.63 bits per heavy atom. The minimum Gasteiger partial charge on any atom is -0.309 e. The van der Waals surface area contributed by atoms with Gasteiger partial charge in [0.1, 0.15) is 0 Å². The first kappa shape index (κ1) is 14.3. The van der Waals surface area contributed by atoms with E-state index < -0.39 is 0 Å². The second-order valence-electron chi connectivity index (χ2n) is 4.89. The number of aryl methyl sites for hydroxylation is 1. The van der Waals surface area contributed by atoms with Gasteiger partial charge in [0.15, 0.2) is 0 Å². The summed E-state index contributed by atoms with van der Waals surface area (Å²) in [4.78, 5) is 2.81. The number of hydrogen-bond acceptors (Lipinski definition) is 2. The van der Waals surface area contributed by atoms with Gasteiger partial charge < -0.3 is 5.32 Å². The van der Waals surface area contributed by atoms with Crippen molar-refractivity contribution in [3.8, 4) is 10.4 Å². The predicted molar refractivity (Wildman–Crippen MR) is 85.8 cm³/mol. The summed E-state index contributed by atoms with van der Waals surface area (Å²) >= 11 is 1.91. The van der Waals surface area contributed by atoms with E-state index in [-0.39, 0.29) is 0 Å². The van der Waals surface area contributed by atoms with Crippen LogP contribution in [0.3, 0.4) is 0 Å². The van der Waals surface area contributed by atoms with Crippen molar-refractivity contribution in [3.05, 3.63) is 46.8 Å². The summed E-state index contributed by atoms with van der Waals surface area (Å²) in [6.45, 7) is 7.76. The molecule has 0 fully saturated rings. The second-order valence-corrected chi connectivity index (χ2v) is 6.00. The molecule has 102 valence electrons. The van der Waals surface area contributed by atoms with Crippen molar-refractivity contribution in [1.29, 1.82) is 0 Å². The fraction of sp³-hybridized carbons (Fsp3) is 0.412. The standard InChI is InChI=1S/C17H23NS/c1-4-12-18-13(3)16-10-11-17(19-16)15-9-7-6-8-14(15)5-2/h6-11,13,18H,4-5,12H2,1-3H3. The zero-order valence-electron chi connectivity index (χ0n) is 12.1. The Morgan fingerprint density at radius 1 is 1.11 bits per heavy atom. The predicted octanol–water partition coefficient (Wildman–Crippen LogP) is 5.04. The van der Waals surface area contributed by atoms with Crippen LogP contribution in [-0.2, 0) is 6.42 Å². The first-order chi connectivity index (χ1) is 9.26. The summed E-state index contributed by atoms with van der Waals surface area (Å²) < 4.78 is 0. The topological polar surface area (TPSA) is 12.0 Å². The van der Waals surface area contributed by atoms with Crippen LogP contribution in [0.4, 0.5) is 0 Å². The molecule has 2 heteroatoms. The van der Waals surface area contributed by atoms with Crippen LogP contribution in [0.15, 0.2) is 36.4 Å². The van der Waals surface area contributed by atoms with Crippen molar-refractivity contribution >= 4 is 11.3 Å². The molecule has 0 amide bonds. The maximum absolute atomic E-state index is 3.55.